The number of amides is 2. The highest BCUT2D eigenvalue weighted by Crippen LogP contribution is 2.47. The molecule has 6 nitrogen and oxygen atoms in total. The minimum Gasteiger partial charge on any atom is -0.397 e. The molecule has 0 radical (unpaired) electrons. The molecule has 2 amide bonds. The average Bonchev–Trinajstić information content (AvgIpc) is 3.32. The summed E-state index contributed by atoms with van der Waals surface area (Å²) in [5.74, 6) is 1.01. The average molecular weight is 819 g/mol. The third kappa shape index (κ3) is 8.19. The van der Waals surface area contributed by atoms with E-state index in [0.717, 1.165) is 84.7 Å². The van der Waals surface area contributed by atoms with Crippen LogP contribution in [0.3, 0.4) is 0 Å². The van der Waals surface area contributed by atoms with Gasteiger partial charge in [-0.15, -0.1) is 0 Å². The number of nitrogen functional groups attached to an aromatic ring is 2. The minimum atomic E-state index is -0.0187. The van der Waals surface area contributed by atoms with Crippen LogP contribution >= 0.6 is 0 Å². The molecule has 7 aromatic rings. The molecule has 2 aliphatic carbocycles. The van der Waals surface area contributed by atoms with E-state index >= 15 is 0 Å². The molecule has 0 aromatic heterocycles. The van der Waals surface area contributed by atoms with Crippen LogP contribution in [0.25, 0.3) is 43.8 Å². The van der Waals surface area contributed by atoms with E-state index in [1.165, 1.54) is 32.7 Å². The number of rotatable bonds is 10. The van der Waals surface area contributed by atoms with Crippen LogP contribution in [-0.4, -0.2) is 11.8 Å². The molecule has 6 N–H and O–H groups in total. The van der Waals surface area contributed by atoms with Crippen molar-refractivity contribution in [2.45, 2.75) is 89.1 Å². The molecule has 9 rings (SSSR count). The molecule has 6 heteroatoms. The normalized spacial score (nSPS) is 20.0. The van der Waals surface area contributed by atoms with Crippen molar-refractivity contribution >= 4 is 44.7 Å². The van der Waals surface area contributed by atoms with Crippen LogP contribution in [0.2, 0.25) is 0 Å². The fourth-order valence-electron chi connectivity index (χ4n) is 10.6. The predicted molar refractivity (Wildman–Crippen MR) is 257 cm³/mol. The van der Waals surface area contributed by atoms with Gasteiger partial charge in [0.25, 0.3) is 0 Å². The number of hydrogen-bond donors (Lipinski definition) is 4. The highest BCUT2D eigenvalue weighted by molar-refractivity contribution is 6.08. The number of carbonyl (C=O) groups excluding carboxylic acids is 2. The van der Waals surface area contributed by atoms with E-state index in [-0.39, 0.29) is 35.7 Å². The molecule has 0 unspecified atom stereocenters. The summed E-state index contributed by atoms with van der Waals surface area (Å²) in [5, 5.41) is 11.3. The largest absolute Gasteiger partial charge is 0.397 e. The quantitative estimate of drug-likeness (QED) is 0.103. The first-order chi connectivity index (χ1) is 30.2. The lowest BCUT2D eigenvalue weighted by atomic mass is 9.76. The van der Waals surface area contributed by atoms with Crippen molar-refractivity contribution in [1.82, 2.24) is 10.6 Å². The molecular weight excluding hydrogens is 761 g/mol. The van der Waals surface area contributed by atoms with Gasteiger partial charge in [-0.1, -0.05) is 146 Å². The van der Waals surface area contributed by atoms with Gasteiger partial charge in [0.2, 0.25) is 11.8 Å². The van der Waals surface area contributed by atoms with Crippen LogP contribution in [0.15, 0.2) is 146 Å². The van der Waals surface area contributed by atoms with Crippen LogP contribution < -0.4 is 22.1 Å². The maximum Gasteiger partial charge on any atom is 0.223 e. The zero-order chi connectivity index (χ0) is 42.7. The fourth-order valence-corrected chi connectivity index (χ4v) is 10.6. The van der Waals surface area contributed by atoms with Crippen molar-refractivity contribution in [1.29, 1.82) is 0 Å². The van der Waals surface area contributed by atoms with Gasteiger partial charge in [0.05, 0.1) is 23.5 Å². The van der Waals surface area contributed by atoms with Gasteiger partial charge >= 0.3 is 0 Å². The number of carbonyl (C=O) groups is 2. The lowest BCUT2D eigenvalue weighted by molar-refractivity contribution is -0.127. The zero-order valence-corrected chi connectivity index (χ0v) is 35.9. The first-order valence-electron chi connectivity index (χ1n) is 22.7. The van der Waals surface area contributed by atoms with E-state index in [2.05, 4.69) is 134 Å². The smallest absolute Gasteiger partial charge is 0.223 e. The standard InChI is InChI=1S/C56H58N4O2/c1-35(37-13-5-3-6-14-37)59-55(61)43-29-25-39(26-30-43)45-21-9-17-41-19-11-23-47(51(41)45)49-33-34-50(54(58)53(49)57)48-24-12-20-42-18-10-22-46(52(42)48)40-27-31-44(32-28-40)56(62)60-36(2)38-15-7-4-8-16-38/h3-24,33-36,39-40,43-44H,25-32,57-58H2,1-2H3,(H,59,61)(H,60,62)/t35-,36-,39?,40?,43?,44?/m1/s1. The lowest BCUT2D eigenvalue weighted by Crippen LogP contribution is -2.34. The summed E-state index contributed by atoms with van der Waals surface area (Å²) < 4.78 is 0. The maximum atomic E-state index is 13.4. The van der Waals surface area contributed by atoms with E-state index in [1.54, 1.807) is 0 Å². The second kappa shape index (κ2) is 17.9. The summed E-state index contributed by atoms with van der Waals surface area (Å²) >= 11 is 0. The van der Waals surface area contributed by atoms with Crippen molar-refractivity contribution < 1.29 is 9.59 Å². The maximum absolute atomic E-state index is 13.4. The number of hydrogen-bond acceptors (Lipinski definition) is 4. The third-order valence-corrected chi connectivity index (χ3v) is 14.1. The Morgan fingerprint density at radius 1 is 0.435 bits per heavy atom. The molecule has 314 valence electrons. The molecule has 2 atom stereocenters. The van der Waals surface area contributed by atoms with Gasteiger partial charge in [0, 0.05) is 23.0 Å². The third-order valence-electron chi connectivity index (χ3n) is 14.1. The van der Waals surface area contributed by atoms with Crippen molar-refractivity contribution in [3.63, 3.8) is 0 Å². The van der Waals surface area contributed by atoms with E-state index in [1.807, 2.05) is 36.4 Å². The SMILES string of the molecule is C[C@@H](NC(=O)C1CCC(c2cccc3cccc(-c4ccc(-c5cccc6cccc(C7CCC(C(=O)N[C@H](C)c8ccccc8)CC7)c56)c(N)c4N)c23)CC1)c1ccccc1. The number of fused-ring (bicyclic) bond motifs is 2. The van der Waals surface area contributed by atoms with Crippen molar-refractivity contribution in [3.8, 4) is 22.3 Å². The van der Waals surface area contributed by atoms with Crippen LogP contribution in [0.1, 0.15) is 111 Å². The predicted octanol–water partition coefficient (Wildman–Crippen LogP) is 12.8. The molecule has 2 fully saturated rings. The highest BCUT2D eigenvalue weighted by Gasteiger charge is 2.31. The van der Waals surface area contributed by atoms with Crippen molar-refractivity contribution in [3.05, 3.63) is 168 Å². The molecule has 7 aromatic carbocycles. The van der Waals surface area contributed by atoms with E-state index in [0.29, 0.717) is 23.2 Å². The van der Waals surface area contributed by atoms with E-state index < -0.39 is 0 Å². The summed E-state index contributed by atoms with van der Waals surface area (Å²) in [5.41, 5.74) is 24.4. The first-order valence-corrected chi connectivity index (χ1v) is 22.7. The Morgan fingerprint density at radius 3 is 1.16 bits per heavy atom. The topological polar surface area (TPSA) is 110 Å². The Hall–Kier alpha value is -6.40. The van der Waals surface area contributed by atoms with Gasteiger partial charge in [-0.2, -0.15) is 0 Å². The number of nitrogens with one attached hydrogen (secondary N) is 2. The Bertz CT molecular complexity index is 2520. The lowest BCUT2D eigenvalue weighted by Gasteiger charge is -2.30. The number of nitrogens with two attached hydrogens (primary N) is 2. The number of anilines is 2. The summed E-state index contributed by atoms with van der Waals surface area (Å²) in [6.07, 6.45) is 7.24. The molecule has 0 aliphatic heterocycles. The summed E-state index contributed by atoms with van der Waals surface area (Å²) in [6, 6.07) is 50.8. The minimum absolute atomic E-state index is 0.0139. The summed E-state index contributed by atoms with van der Waals surface area (Å²) in [4.78, 5) is 26.8. The van der Waals surface area contributed by atoms with Gasteiger partial charge in [-0.3, -0.25) is 9.59 Å². The monoisotopic (exact) mass is 818 g/mol. The van der Waals surface area contributed by atoms with Gasteiger partial charge in [-0.25, -0.2) is 0 Å². The molecule has 0 heterocycles. The Kier molecular flexibility index (Phi) is 11.8. The van der Waals surface area contributed by atoms with Crippen molar-refractivity contribution in [2.75, 3.05) is 11.5 Å². The first kappa shape index (κ1) is 41.0. The second-order valence-electron chi connectivity index (χ2n) is 17.9. The zero-order valence-electron chi connectivity index (χ0n) is 35.9. The molecule has 0 bridgehead atoms. The van der Waals surface area contributed by atoms with Gasteiger partial charge < -0.3 is 22.1 Å². The van der Waals surface area contributed by atoms with Crippen LogP contribution in [-0.2, 0) is 9.59 Å². The van der Waals surface area contributed by atoms with Crippen LogP contribution in [0.4, 0.5) is 11.4 Å². The van der Waals surface area contributed by atoms with Crippen LogP contribution in [0, 0.1) is 11.8 Å². The van der Waals surface area contributed by atoms with Gasteiger partial charge in [0.1, 0.15) is 0 Å². The molecule has 62 heavy (non-hydrogen) atoms. The molecule has 0 spiro atoms. The summed E-state index contributed by atoms with van der Waals surface area (Å²) in [7, 11) is 0. The highest BCUT2D eigenvalue weighted by atomic mass is 16.2. The number of benzene rings is 7. The Labute approximate surface area is 366 Å². The van der Waals surface area contributed by atoms with Gasteiger partial charge in [0.15, 0.2) is 0 Å². The van der Waals surface area contributed by atoms with E-state index in [9.17, 15) is 9.59 Å². The molecular formula is C56H58N4O2. The van der Waals surface area contributed by atoms with Crippen LogP contribution in [0.5, 0.6) is 0 Å². The molecule has 2 saturated carbocycles. The van der Waals surface area contributed by atoms with Gasteiger partial charge in [-0.05, 0) is 132 Å². The van der Waals surface area contributed by atoms with Crippen molar-refractivity contribution in [2.24, 2.45) is 11.8 Å². The molecule has 2 aliphatic rings. The fraction of sp³-hybridized carbons (Fsp3) is 0.286. The second-order valence-corrected chi connectivity index (χ2v) is 17.9. The Balaban J connectivity index is 0.957. The summed E-state index contributed by atoms with van der Waals surface area (Å²) in [6.45, 7) is 4.12. The van der Waals surface area contributed by atoms with E-state index in [4.69, 9.17) is 11.5 Å². The Morgan fingerprint density at radius 2 is 0.790 bits per heavy atom. The molecule has 0 saturated heterocycles.